The SMILES string of the molecule is O=C(c1cc2ccccc2s1)N1CCCC(Nc2ccc3c(c2)OCCO3)C1. The molecule has 2 aliphatic heterocycles. The van der Waals surface area contributed by atoms with Crippen molar-refractivity contribution in [2.45, 2.75) is 18.9 Å². The molecule has 28 heavy (non-hydrogen) atoms. The van der Waals surface area contributed by atoms with E-state index >= 15 is 0 Å². The van der Waals surface area contributed by atoms with Crippen molar-refractivity contribution in [3.63, 3.8) is 0 Å². The maximum Gasteiger partial charge on any atom is 0.264 e. The van der Waals surface area contributed by atoms with Crippen LogP contribution in [-0.2, 0) is 0 Å². The molecule has 0 saturated carbocycles. The Kier molecular flexibility index (Phi) is 4.56. The van der Waals surface area contributed by atoms with Crippen molar-refractivity contribution in [2.24, 2.45) is 0 Å². The van der Waals surface area contributed by atoms with E-state index in [0.717, 1.165) is 51.5 Å². The van der Waals surface area contributed by atoms with Crippen LogP contribution >= 0.6 is 11.3 Å². The highest BCUT2D eigenvalue weighted by Crippen LogP contribution is 2.33. The Morgan fingerprint density at radius 2 is 1.93 bits per heavy atom. The summed E-state index contributed by atoms with van der Waals surface area (Å²) in [6.07, 6.45) is 2.05. The molecule has 144 valence electrons. The van der Waals surface area contributed by atoms with Crippen LogP contribution < -0.4 is 14.8 Å². The van der Waals surface area contributed by atoms with Gasteiger partial charge in [-0.2, -0.15) is 0 Å². The summed E-state index contributed by atoms with van der Waals surface area (Å²) in [6, 6.07) is 16.3. The maximum atomic E-state index is 13.0. The summed E-state index contributed by atoms with van der Waals surface area (Å²) in [4.78, 5) is 15.8. The zero-order valence-electron chi connectivity index (χ0n) is 15.5. The van der Waals surface area contributed by atoms with Gasteiger partial charge in [0.1, 0.15) is 13.2 Å². The Hall–Kier alpha value is -2.73. The lowest BCUT2D eigenvalue weighted by Gasteiger charge is -2.33. The standard InChI is InChI=1S/C22H22N2O3S/c25-22(21-12-15-4-1-2-6-20(15)28-21)24-9-3-5-17(14-24)23-16-7-8-18-19(13-16)27-11-10-26-18/h1-2,4,6-8,12-13,17,23H,3,5,9-11,14H2. The van der Waals surface area contributed by atoms with Gasteiger partial charge >= 0.3 is 0 Å². The monoisotopic (exact) mass is 394 g/mol. The molecule has 1 amide bonds. The molecule has 0 radical (unpaired) electrons. The summed E-state index contributed by atoms with van der Waals surface area (Å²) < 4.78 is 12.4. The van der Waals surface area contributed by atoms with Gasteiger partial charge in [0.05, 0.1) is 4.88 Å². The van der Waals surface area contributed by atoms with E-state index < -0.39 is 0 Å². The second-order valence-corrected chi connectivity index (χ2v) is 8.33. The number of piperidine rings is 1. The Morgan fingerprint density at radius 1 is 1.07 bits per heavy atom. The number of fused-ring (bicyclic) bond motifs is 2. The zero-order valence-corrected chi connectivity index (χ0v) is 16.3. The van der Waals surface area contributed by atoms with E-state index in [2.05, 4.69) is 17.4 Å². The highest BCUT2D eigenvalue weighted by molar-refractivity contribution is 7.20. The van der Waals surface area contributed by atoms with Crippen LogP contribution in [0.25, 0.3) is 10.1 Å². The van der Waals surface area contributed by atoms with Gasteiger partial charge < -0.3 is 19.7 Å². The fourth-order valence-electron chi connectivity index (χ4n) is 3.89. The molecule has 1 N–H and O–H groups in total. The summed E-state index contributed by atoms with van der Waals surface area (Å²) in [5.41, 5.74) is 1.01. The molecule has 0 bridgehead atoms. The van der Waals surface area contributed by atoms with Gasteiger partial charge in [0, 0.05) is 35.6 Å². The van der Waals surface area contributed by atoms with Crippen molar-refractivity contribution in [1.82, 2.24) is 4.90 Å². The summed E-state index contributed by atoms with van der Waals surface area (Å²) >= 11 is 1.58. The molecule has 5 rings (SSSR count). The molecule has 1 aromatic heterocycles. The summed E-state index contributed by atoms with van der Waals surface area (Å²) in [5, 5.41) is 4.71. The van der Waals surface area contributed by atoms with Crippen LogP contribution in [0.4, 0.5) is 5.69 Å². The molecule has 0 aliphatic carbocycles. The number of rotatable bonds is 3. The second-order valence-electron chi connectivity index (χ2n) is 7.24. The number of benzene rings is 2. The predicted molar refractivity (Wildman–Crippen MR) is 112 cm³/mol. The van der Waals surface area contributed by atoms with E-state index in [4.69, 9.17) is 9.47 Å². The number of likely N-dealkylation sites (tertiary alicyclic amines) is 1. The van der Waals surface area contributed by atoms with E-state index in [1.807, 2.05) is 41.3 Å². The number of anilines is 1. The van der Waals surface area contributed by atoms with Crippen LogP contribution in [0.2, 0.25) is 0 Å². The molecule has 3 aromatic rings. The van der Waals surface area contributed by atoms with Crippen molar-refractivity contribution in [3.05, 3.63) is 53.4 Å². The van der Waals surface area contributed by atoms with Crippen LogP contribution in [0.3, 0.4) is 0 Å². The smallest absolute Gasteiger partial charge is 0.264 e. The molecule has 2 aromatic carbocycles. The molecular weight excluding hydrogens is 372 g/mol. The first-order valence-electron chi connectivity index (χ1n) is 9.70. The molecular formula is C22H22N2O3S. The number of hydrogen-bond acceptors (Lipinski definition) is 5. The highest BCUT2D eigenvalue weighted by atomic mass is 32.1. The molecule has 1 saturated heterocycles. The molecule has 2 aliphatic rings. The van der Waals surface area contributed by atoms with Gasteiger partial charge in [0.15, 0.2) is 11.5 Å². The van der Waals surface area contributed by atoms with Crippen molar-refractivity contribution in [3.8, 4) is 11.5 Å². The number of carbonyl (C=O) groups excluding carboxylic acids is 1. The third-order valence-corrected chi connectivity index (χ3v) is 6.36. The lowest BCUT2D eigenvalue weighted by molar-refractivity contribution is 0.0720. The van der Waals surface area contributed by atoms with Crippen LogP contribution in [-0.4, -0.2) is 43.2 Å². The van der Waals surface area contributed by atoms with Gasteiger partial charge in [0.2, 0.25) is 0 Å². The number of thiophene rings is 1. The van der Waals surface area contributed by atoms with E-state index in [9.17, 15) is 4.79 Å². The summed E-state index contributed by atoms with van der Waals surface area (Å²) in [7, 11) is 0. The fourth-order valence-corrected chi connectivity index (χ4v) is 4.92. The summed E-state index contributed by atoms with van der Waals surface area (Å²) in [5.74, 6) is 1.71. The van der Waals surface area contributed by atoms with Crippen molar-refractivity contribution >= 4 is 33.0 Å². The first kappa shape index (κ1) is 17.4. The van der Waals surface area contributed by atoms with Gasteiger partial charge in [-0.1, -0.05) is 18.2 Å². The van der Waals surface area contributed by atoms with Crippen molar-refractivity contribution in [1.29, 1.82) is 0 Å². The van der Waals surface area contributed by atoms with Gasteiger partial charge in [0.25, 0.3) is 5.91 Å². The van der Waals surface area contributed by atoms with E-state index in [1.165, 1.54) is 0 Å². The normalized spacial score (nSPS) is 18.9. The molecule has 0 spiro atoms. The van der Waals surface area contributed by atoms with Gasteiger partial charge in [-0.05, 0) is 42.5 Å². The Labute approximate surface area is 167 Å². The van der Waals surface area contributed by atoms with Crippen LogP contribution in [0.5, 0.6) is 11.5 Å². The quantitative estimate of drug-likeness (QED) is 0.716. The average Bonchev–Trinajstić information content (AvgIpc) is 3.17. The predicted octanol–water partition coefficient (Wildman–Crippen LogP) is 4.39. The van der Waals surface area contributed by atoms with E-state index in [-0.39, 0.29) is 11.9 Å². The number of amides is 1. The van der Waals surface area contributed by atoms with E-state index in [1.54, 1.807) is 11.3 Å². The Bertz CT molecular complexity index is 983. The lowest BCUT2D eigenvalue weighted by Crippen LogP contribution is -2.44. The fraction of sp³-hybridized carbons (Fsp3) is 0.318. The lowest BCUT2D eigenvalue weighted by atomic mass is 10.0. The number of ether oxygens (including phenoxy) is 2. The third-order valence-electron chi connectivity index (χ3n) is 5.26. The minimum absolute atomic E-state index is 0.134. The largest absolute Gasteiger partial charge is 0.486 e. The van der Waals surface area contributed by atoms with Crippen LogP contribution in [0, 0.1) is 0 Å². The maximum absolute atomic E-state index is 13.0. The topological polar surface area (TPSA) is 50.8 Å². The zero-order chi connectivity index (χ0) is 18.9. The first-order valence-corrected chi connectivity index (χ1v) is 10.5. The average molecular weight is 394 g/mol. The van der Waals surface area contributed by atoms with Gasteiger partial charge in [-0.15, -0.1) is 11.3 Å². The number of hydrogen-bond donors (Lipinski definition) is 1. The molecule has 3 heterocycles. The molecule has 6 heteroatoms. The minimum atomic E-state index is 0.134. The Balaban J connectivity index is 1.28. The van der Waals surface area contributed by atoms with E-state index in [0.29, 0.717) is 19.8 Å². The van der Waals surface area contributed by atoms with Crippen molar-refractivity contribution < 1.29 is 14.3 Å². The molecule has 1 unspecified atom stereocenters. The first-order chi connectivity index (χ1) is 13.8. The third kappa shape index (κ3) is 3.40. The molecule has 5 nitrogen and oxygen atoms in total. The summed E-state index contributed by atoms with van der Waals surface area (Å²) in [6.45, 7) is 2.70. The number of nitrogens with zero attached hydrogens (tertiary/aromatic N) is 1. The number of carbonyl (C=O) groups is 1. The molecule has 1 fully saturated rings. The minimum Gasteiger partial charge on any atom is -0.486 e. The van der Waals surface area contributed by atoms with Crippen LogP contribution in [0.1, 0.15) is 22.5 Å². The van der Waals surface area contributed by atoms with Gasteiger partial charge in [-0.3, -0.25) is 4.79 Å². The second kappa shape index (κ2) is 7.36. The van der Waals surface area contributed by atoms with Crippen LogP contribution in [0.15, 0.2) is 48.5 Å². The molecule has 1 atom stereocenters. The van der Waals surface area contributed by atoms with Crippen molar-refractivity contribution in [2.75, 3.05) is 31.6 Å². The highest BCUT2D eigenvalue weighted by Gasteiger charge is 2.26. The Morgan fingerprint density at radius 3 is 2.82 bits per heavy atom. The van der Waals surface area contributed by atoms with Gasteiger partial charge in [-0.25, -0.2) is 0 Å². The number of nitrogens with one attached hydrogen (secondary N) is 1.